The van der Waals surface area contributed by atoms with Crippen molar-refractivity contribution in [3.8, 4) is 0 Å². The molecule has 1 N–H and O–H groups in total. The van der Waals surface area contributed by atoms with Crippen molar-refractivity contribution in [2.45, 2.75) is 37.7 Å². The van der Waals surface area contributed by atoms with Gasteiger partial charge in [-0.15, -0.1) is 0 Å². The lowest BCUT2D eigenvalue weighted by Gasteiger charge is -2.33. The standard InChI is InChI=1S/C22H23F2NO3/c1-2-28-20(26)25-12-10-15-8-9-16-14-21(23,24)22(27,17-6-4-3-5-7-17)19(16)18(15)11-13-25/h3-9,27H,2,10-14H2,1H3. The van der Waals surface area contributed by atoms with Crippen molar-refractivity contribution in [3.63, 3.8) is 0 Å². The number of ether oxygens (including phenoxy) is 1. The van der Waals surface area contributed by atoms with Crippen LogP contribution in [-0.4, -0.2) is 41.7 Å². The second-order valence-electron chi connectivity index (χ2n) is 7.38. The Morgan fingerprint density at radius 1 is 1.11 bits per heavy atom. The normalized spacial score (nSPS) is 22.9. The van der Waals surface area contributed by atoms with Gasteiger partial charge in [-0.05, 0) is 42.0 Å². The van der Waals surface area contributed by atoms with Crippen LogP contribution in [0.15, 0.2) is 42.5 Å². The fourth-order valence-corrected chi connectivity index (χ4v) is 4.45. The Morgan fingerprint density at radius 2 is 1.79 bits per heavy atom. The largest absolute Gasteiger partial charge is 0.450 e. The van der Waals surface area contributed by atoms with Gasteiger partial charge in [-0.2, -0.15) is 0 Å². The first kappa shape index (κ1) is 18.9. The number of hydrogen-bond donors (Lipinski definition) is 1. The van der Waals surface area contributed by atoms with Crippen LogP contribution in [0.25, 0.3) is 0 Å². The summed E-state index contributed by atoms with van der Waals surface area (Å²) >= 11 is 0. The first-order valence-corrected chi connectivity index (χ1v) is 9.60. The maximum Gasteiger partial charge on any atom is 0.409 e. The number of benzene rings is 2. The molecule has 0 radical (unpaired) electrons. The fraction of sp³-hybridized carbons (Fsp3) is 0.409. The van der Waals surface area contributed by atoms with Gasteiger partial charge < -0.3 is 14.7 Å². The third-order valence-corrected chi connectivity index (χ3v) is 5.80. The van der Waals surface area contributed by atoms with Crippen LogP contribution in [0, 0.1) is 0 Å². The molecule has 0 spiro atoms. The fourth-order valence-electron chi connectivity index (χ4n) is 4.45. The lowest BCUT2D eigenvalue weighted by atomic mass is 9.81. The van der Waals surface area contributed by atoms with Gasteiger partial charge in [-0.3, -0.25) is 0 Å². The van der Waals surface area contributed by atoms with Crippen LogP contribution in [0.4, 0.5) is 13.6 Å². The van der Waals surface area contributed by atoms with E-state index in [1.807, 2.05) is 6.07 Å². The maximum atomic E-state index is 15.1. The zero-order valence-electron chi connectivity index (χ0n) is 15.8. The Bertz CT molecular complexity index is 900. The smallest absolute Gasteiger partial charge is 0.409 e. The molecule has 6 heteroatoms. The Morgan fingerprint density at radius 3 is 2.50 bits per heavy atom. The summed E-state index contributed by atoms with van der Waals surface area (Å²) in [6, 6.07) is 11.7. The summed E-state index contributed by atoms with van der Waals surface area (Å²) in [7, 11) is 0. The number of fused-ring (bicyclic) bond motifs is 3. The average molecular weight is 387 g/mol. The second kappa shape index (κ2) is 6.85. The zero-order chi connectivity index (χ0) is 19.9. The minimum absolute atomic E-state index is 0.193. The number of nitrogens with zero attached hydrogens (tertiary/aromatic N) is 1. The van der Waals surface area contributed by atoms with Crippen LogP contribution in [0.3, 0.4) is 0 Å². The Kier molecular flexibility index (Phi) is 4.62. The van der Waals surface area contributed by atoms with Crippen molar-refractivity contribution in [1.82, 2.24) is 4.90 Å². The maximum absolute atomic E-state index is 15.1. The average Bonchev–Trinajstić information content (AvgIpc) is 2.81. The minimum Gasteiger partial charge on any atom is -0.450 e. The highest BCUT2D eigenvalue weighted by atomic mass is 19.3. The van der Waals surface area contributed by atoms with E-state index in [9.17, 15) is 9.90 Å². The van der Waals surface area contributed by atoms with Crippen LogP contribution in [-0.2, 0) is 29.6 Å². The number of rotatable bonds is 2. The molecule has 1 aliphatic carbocycles. The van der Waals surface area contributed by atoms with Crippen molar-refractivity contribution in [2.24, 2.45) is 0 Å². The van der Waals surface area contributed by atoms with Gasteiger partial charge in [0.2, 0.25) is 0 Å². The molecule has 2 aromatic rings. The van der Waals surface area contributed by atoms with E-state index in [0.717, 1.165) is 11.1 Å². The summed E-state index contributed by atoms with van der Waals surface area (Å²) in [4.78, 5) is 13.7. The molecule has 148 valence electrons. The zero-order valence-corrected chi connectivity index (χ0v) is 15.8. The molecule has 1 atom stereocenters. The van der Waals surface area contributed by atoms with E-state index >= 15 is 8.78 Å². The van der Waals surface area contributed by atoms with Crippen LogP contribution in [0.2, 0.25) is 0 Å². The molecule has 0 aromatic heterocycles. The summed E-state index contributed by atoms with van der Waals surface area (Å²) in [5, 5.41) is 11.4. The molecule has 0 saturated heterocycles. The minimum atomic E-state index is -3.31. The van der Waals surface area contributed by atoms with Crippen molar-refractivity contribution in [3.05, 3.63) is 70.3 Å². The highest BCUT2D eigenvalue weighted by Crippen LogP contribution is 2.53. The van der Waals surface area contributed by atoms with Crippen LogP contribution < -0.4 is 0 Å². The molecule has 0 bridgehead atoms. The molecule has 1 unspecified atom stereocenters. The summed E-state index contributed by atoms with van der Waals surface area (Å²) in [5.74, 6) is -3.31. The van der Waals surface area contributed by atoms with E-state index < -0.39 is 24.0 Å². The third-order valence-electron chi connectivity index (χ3n) is 5.80. The molecule has 2 aliphatic rings. The number of halogens is 2. The quantitative estimate of drug-likeness (QED) is 0.855. The number of hydrogen-bond acceptors (Lipinski definition) is 3. The summed E-state index contributed by atoms with van der Waals surface area (Å²) in [6.45, 7) is 2.88. The third kappa shape index (κ3) is 2.78. The number of amides is 1. The van der Waals surface area contributed by atoms with E-state index in [-0.39, 0.29) is 12.2 Å². The number of aliphatic hydroxyl groups is 1. The predicted molar refractivity (Wildman–Crippen MR) is 101 cm³/mol. The van der Waals surface area contributed by atoms with E-state index in [2.05, 4.69) is 0 Å². The first-order valence-electron chi connectivity index (χ1n) is 9.60. The predicted octanol–water partition coefficient (Wildman–Crippen LogP) is 3.67. The lowest BCUT2D eigenvalue weighted by Crippen LogP contribution is -2.43. The van der Waals surface area contributed by atoms with Crippen LogP contribution >= 0.6 is 0 Å². The Labute approximate surface area is 162 Å². The van der Waals surface area contributed by atoms with Crippen molar-refractivity contribution >= 4 is 6.09 Å². The molecule has 2 aromatic carbocycles. The SMILES string of the molecule is CCOC(=O)N1CCc2ccc3c(c2CC1)C(O)(c1ccccc1)C(F)(F)C3. The van der Waals surface area contributed by atoms with Gasteiger partial charge in [0.25, 0.3) is 5.92 Å². The molecule has 0 fully saturated rings. The van der Waals surface area contributed by atoms with E-state index in [4.69, 9.17) is 4.74 Å². The molecule has 28 heavy (non-hydrogen) atoms. The molecular weight excluding hydrogens is 364 g/mol. The van der Waals surface area contributed by atoms with E-state index in [1.54, 1.807) is 48.2 Å². The number of alkyl halides is 2. The van der Waals surface area contributed by atoms with E-state index in [0.29, 0.717) is 37.1 Å². The van der Waals surface area contributed by atoms with Crippen molar-refractivity contribution < 1.29 is 23.4 Å². The van der Waals surface area contributed by atoms with Gasteiger partial charge in [0, 0.05) is 25.1 Å². The first-order chi connectivity index (χ1) is 13.4. The molecule has 4 rings (SSSR count). The monoisotopic (exact) mass is 387 g/mol. The second-order valence-corrected chi connectivity index (χ2v) is 7.38. The molecule has 1 amide bonds. The van der Waals surface area contributed by atoms with Gasteiger partial charge in [0.15, 0.2) is 5.60 Å². The lowest BCUT2D eigenvalue weighted by molar-refractivity contribution is -0.150. The molecule has 0 saturated carbocycles. The topological polar surface area (TPSA) is 49.8 Å². The summed E-state index contributed by atoms with van der Waals surface area (Å²) in [6.07, 6.45) is 0.0545. The highest BCUT2D eigenvalue weighted by molar-refractivity contribution is 5.68. The molecular formula is C22H23F2NO3. The van der Waals surface area contributed by atoms with Crippen molar-refractivity contribution in [1.29, 1.82) is 0 Å². The van der Waals surface area contributed by atoms with Gasteiger partial charge in [-0.25, -0.2) is 13.6 Å². The van der Waals surface area contributed by atoms with Gasteiger partial charge in [0.1, 0.15) is 0 Å². The van der Waals surface area contributed by atoms with Crippen molar-refractivity contribution in [2.75, 3.05) is 19.7 Å². The summed E-state index contributed by atoms with van der Waals surface area (Å²) < 4.78 is 35.3. The number of carbonyl (C=O) groups is 1. The van der Waals surface area contributed by atoms with Crippen LogP contribution in [0.5, 0.6) is 0 Å². The van der Waals surface area contributed by atoms with Gasteiger partial charge in [-0.1, -0.05) is 42.5 Å². The molecule has 4 nitrogen and oxygen atoms in total. The Balaban J connectivity index is 1.80. The molecule has 1 heterocycles. The highest BCUT2D eigenvalue weighted by Gasteiger charge is 2.61. The van der Waals surface area contributed by atoms with E-state index in [1.165, 1.54) is 0 Å². The number of carbonyl (C=O) groups excluding carboxylic acids is 1. The van der Waals surface area contributed by atoms with Gasteiger partial charge >= 0.3 is 6.09 Å². The van der Waals surface area contributed by atoms with Gasteiger partial charge in [0.05, 0.1) is 6.61 Å². The Hall–Kier alpha value is -2.47. The molecule has 1 aliphatic heterocycles. The van der Waals surface area contributed by atoms with Crippen LogP contribution in [0.1, 0.15) is 34.7 Å². The summed E-state index contributed by atoms with van der Waals surface area (Å²) in [5.41, 5.74) is 0.240.